The highest BCUT2D eigenvalue weighted by molar-refractivity contribution is 5.47. The molecule has 1 aliphatic heterocycles. The third kappa shape index (κ3) is 2.21. The second kappa shape index (κ2) is 4.17. The molecule has 17 heavy (non-hydrogen) atoms. The summed E-state index contributed by atoms with van der Waals surface area (Å²) in [4.78, 5) is 7.00. The number of allylic oxidation sites excluding steroid dienone is 1. The first-order valence-electron chi connectivity index (χ1n) is 6.60. The van der Waals surface area contributed by atoms with Crippen molar-refractivity contribution in [1.29, 1.82) is 0 Å². The van der Waals surface area contributed by atoms with Gasteiger partial charge in [-0.2, -0.15) is 4.98 Å². The quantitative estimate of drug-likeness (QED) is 0.803. The van der Waals surface area contributed by atoms with Crippen molar-refractivity contribution in [1.82, 2.24) is 14.8 Å². The summed E-state index contributed by atoms with van der Waals surface area (Å²) in [6.07, 6.45) is 7.20. The zero-order valence-corrected chi connectivity index (χ0v) is 10.7. The van der Waals surface area contributed by atoms with Gasteiger partial charge in [0.2, 0.25) is 5.95 Å². The molecule has 0 atom stereocenters. The smallest absolute Gasteiger partial charge is 0.245 e. The maximum atomic E-state index is 4.70. The van der Waals surface area contributed by atoms with Gasteiger partial charge in [0.1, 0.15) is 0 Å². The van der Waals surface area contributed by atoms with Crippen LogP contribution in [0.25, 0.3) is 6.08 Å². The van der Waals surface area contributed by atoms with E-state index in [2.05, 4.69) is 29.5 Å². The Morgan fingerprint density at radius 1 is 1.24 bits per heavy atom. The van der Waals surface area contributed by atoms with E-state index in [-0.39, 0.29) is 0 Å². The van der Waals surface area contributed by atoms with Crippen LogP contribution in [-0.4, -0.2) is 27.9 Å². The molecule has 4 nitrogen and oxygen atoms in total. The minimum absolute atomic E-state index is 0.601. The van der Waals surface area contributed by atoms with Crippen LogP contribution >= 0.6 is 0 Å². The molecular formula is C13H20N4. The summed E-state index contributed by atoms with van der Waals surface area (Å²) in [5, 5.41) is 4.69. The van der Waals surface area contributed by atoms with Crippen molar-refractivity contribution in [2.45, 2.75) is 45.6 Å². The zero-order chi connectivity index (χ0) is 11.8. The van der Waals surface area contributed by atoms with Crippen molar-refractivity contribution in [3.05, 3.63) is 11.4 Å². The molecule has 92 valence electrons. The summed E-state index contributed by atoms with van der Waals surface area (Å²) in [6.45, 7) is 6.45. The van der Waals surface area contributed by atoms with E-state index in [1.807, 2.05) is 0 Å². The lowest BCUT2D eigenvalue weighted by atomic mass is 10.3. The van der Waals surface area contributed by atoms with Crippen LogP contribution in [0.3, 0.4) is 0 Å². The van der Waals surface area contributed by atoms with Gasteiger partial charge in [-0.05, 0) is 45.6 Å². The van der Waals surface area contributed by atoms with Gasteiger partial charge in [0.25, 0.3) is 0 Å². The standard InChI is InChI=1S/C13H20N4/c1-10(2)9-12-14-13(16-7-3-4-8-16)15-17(12)11-5-6-11/h9,11H,3-8H2,1-2H3. The van der Waals surface area contributed by atoms with Crippen molar-refractivity contribution in [3.63, 3.8) is 0 Å². The predicted molar refractivity (Wildman–Crippen MR) is 69.1 cm³/mol. The average Bonchev–Trinajstić information content (AvgIpc) is 2.83. The van der Waals surface area contributed by atoms with Gasteiger partial charge in [0.05, 0.1) is 6.04 Å². The molecule has 0 aromatic carbocycles. The molecule has 0 amide bonds. The summed E-state index contributed by atoms with van der Waals surface area (Å²) in [6, 6.07) is 0.601. The molecule has 0 radical (unpaired) electrons. The summed E-state index contributed by atoms with van der Waals surface area (Å²) in [7, 11) is 0. The minimum atomic E-state index is 0.601. The van der Waals surface area contributed by atoms with E-state index in [0.29, 0.717) is 6.04 Å². The largest absolute Gasteiger partial charge is 0.340 e. The summed E-state index contributed by atoms with van der Waals surface area (Å²) >= 11 is 0. The minimum Gasteiger partial charge on any atom is -0.340 e. The van der Waals surface area contributed by atoms with Gasteiger partial charge in [0, 0.05) is 13.1 Å². The monoisotopic (exact) mass is 232 g/mol. The first-order valence-corrected chi connectivity index (χ1v) is 6.60. The second-order valence-corrected chi connectivity index (χ2v) is 5.36. The summed E-state index contributed by atoms with van der Waals surface area (Å²) in [5.74, 6) is 1.97. The van der Waals surface area contributed by atoms with Crippen molar-refractivity contribution in [2.24, 2.45) is 0 Å². The maximum absolute atomic E-state index is 4.70. The average molecular weight is 232 g/mol. The SMILES string of the molecule is CC(C)=Cc1nc(N2CCCC2)nn1C1CC1. The molecule has 1 saturated carbocycles. The molecule has 3 rings (SSSR count). The Labute approximate surface area is 102 Å². The lowest BCUT2D eigenvalue weighted by Gasteiger charge is -2.10. The van der Waals surface area contributed by atoms with Gasteiger partial charge >= 0.3 is 0 Å². The lowest BCUT2D eigenvalue weighted by Crippen LogP contribution is -2.19. The van der Waals surface area contributed by atoms with Crippen molar-refractivity contribution in [3.8, 4) is 0 Å². The van der Waals surface area contributed by atoms with E-state index in [0.717, 1.165) is 24.9 Å². The summed E-state index contributed by atoms with van der Waals surface area (Å²) in [5.41, 5.74) is 1.28. The van der Waals surface area contributed by atoms with E-state index in [9.17, 15) is 0 Å². The normalized spacial score (nSPS) is 19.8. The fourth-order valence-corrected chi connectivity index (χ4v) is 2.32. The van der Waals surface area contributed by atoms with Gasteiger partial charge in [-0.1, -0.05) is 5.57 Å². The molecule has 1 aliphatic carbocycles. The number of anilines is 1. The summed E-state index contributed by atoms with van der Waals surface area (Å²) < 4.78 is 2.13. The molecule has 2 fully saturated rings. The van der Waals surface area contributed by atoms with Gasteiger partial charge in [0.15, 0.2) is 5.82 Å². The molecule has 0 N–H and O–H groups in total. The van der Waals surface area contributed by atoms with E-state index in [1.165, 1.54) is 31.3 Å². The number of nitrogens with zero attached hydrogens (tertiary/aromatic N) is 4. The van der Waals surface area contributed by atoms with Gasteiger partial charge in [-0.3, -0.25) is 0 Å². The molecule has 1 saturated heterocycles. The number of rotatable bonds is 3. The van der Waals surface area contributed by atoms with E-state index < -0.39 is 0 Å². The topological polar surface area (TPSA) is 34.0 Å². The lowest BCUT2D eigenvalue weighted by molar-refractivity contribution is 0.630. The fraction of sp³-hybridized carbons (Fsp3) is 0.692. The van der Waals surface area contributed by atoms with Crippen LogP contribution in [0, 0.1) is 0 Å². The van der Waals surface area contributed by atoms with Crippen molar-refractivity contribution in [2.75, 3.05) is 18.0 Å². The van der Waals surface area contributed by atoms with Crippen LogP contribution in [0.2, 0.25) is 0 Å². The molecule has 1 aromatic heterocycles. The van der Waals surface area contributed by atoms with Crippen LogP contribution in [0.5, 0.6) is 0 Å². The molecule has 1 aromatic rings. The zero-order valence-electron chi connectivity index (χ0n) is 10.7. The number of hydrogen-bond acceptors (Lipinski definition) is 3. The third-order valence-electron chi connectivity index (χ3n) is 3.35. The van der Waals surface area contributed by atoms with Gasteiger partial charge in [-0.15, -0.1) is 5.10 Å². The Morgan fingerprint density at radius 3 is 2.53 bits per heavy atom. The molecular weight excluding hydrogens is 212 g/mol. The first-order chi connectivity index (χ1) is 8.24. The Kier molecular flexibility index (Phi) is 2.65. The molecule has 0 spiro atoms. The Balaban J connectivity index is 1.92. The number of aromatic nitrogens is 3. The van der Waals surface area contributed by atoms with Gasteiger partial charge in [-0.25, -0.2) is 4.68 Å². The molecule has 0 bridgehead atoms. The van der Waals surface area contributed by atoms with E-state index in [1.54, 1.807) is 0 Å². The highest BCUT2D eigenvalue weighted by Crippen LogP contribution is 2.36. The fourth-order valence-electron chi connectivity index (χ4n) is 2.32. The molecule has 0 unspecified atom stereocenters. The Hall–Kier alpha value is -1.32. The molecule has 4 heteroatoms. The number of hydrogen-bond donors (Lipinski definition) is 0. The highest BCUT2D eigenvalue weighted by Gasteiger charge is 2.29. The molecule has 2 aliphatic rings. The Bertz CT molecular complexity index is 432. The predicted octanol–water partition coefficient (Wildman–Crippen LogP) is 2.64. The highest BCUT2D eigenvalue weighted by atomic mass is 15.4. The van der Waals surface area contributed by atoms with Crippen LogP contribution in [0.15, 0.2) is 5.57 Å². The van der Waals surface area contributed by atoms with Crippen LogP contribution in [-0.2, 0) is 0 Å². The van der Waals surface area contributed by atoms with E-state index >= 15 is 0 Å². The van der Waals surface area contributed by atoms with Crippen LogP contribution in [0.1, 0.15) is 51.4 Å². The van der Waals surface area contributed by atoms with Crippen LogP contribution in [0.4, 0.5) is 5.95 Å². The second-order valence-electron chi connectivity index (χ2n) is 5.36. The Morgan fingerprint density at radius 2 is 1.94 bits per heavy atom. The van der Waals surface area contributed by atoms with Crippen molar-refractivity contribution < 1.29 is 0 Å². The molecule has 2 heterocycles. The maximum Gasteiger partial charge on any atom is 0.245 e. The first kappa shape index (κ1) is 10.8. The van der Waals surface area contributed by atoms with Crippen LogP contribution < -0.4 is 4.90 Å². The van der Waals surface area contributed by atoms with Crippen molar-refractivity contribution >= 4 is 12.0 Å². The van der Waals surface area contributed by atoms with Gasteiger partial charge < -0.3 is 4.90 Å². The van der Waals surface area contributed by atoms with E-state index in [4.69, 9.17) is 10.1 Å². The third-order valence-corrected chi connectivity index (χ3v) is 3.35.